The van der Waals surface area contributed by atoms with Crippen LogP contribution < -0.4 is 4.74 Å². The van der Waals surface area contributed by atoms with Crippen LogP contribution in [0.1, 0.15) is 6.92 Å². The number of para-hydroxylation sites is 1. The summed E-state index contributed by atoms with van der Waals surface area (Å²) in [4.78, 5) is 0. The minimum absolute atomic E-state index is 0.425. The van der Waals surface area contributed by atoms with E-state index in [1.54, 1.807) is 12.1 Å². The fraction of sp³-hybridized carbons (Fsp3) is 0.125. The van der Waals surface area contributed by atoms with E-state index in [2.05, 4.69) is 10.2 Å². The Morgan fingerprint density at radius 2 is 1.86 bits per heavy atom. The second kappa shape index (κ2) is 5.97. The van der Waals surface area contributed by atoms with Crippen LogP contribution in [0.2, 0.25) is 5.02 Å². The largest absolute Gasteiger partial charge is 0.493 e. The van der Waals surface area contributed by atoms with Crippen LogP contribution >= 0.6 is 11.6 Å². The summed E-state index contributed by atoms with van der Waals surface area (Å²) in [6.45, 7) is 2.51. The van der Waals surface area contributed by atoms with Crippen LogP contribution in [-0.4, -0.2) is 16.8 Å². The van der Waals surface area contributed by atoms with Crippen molar-refractivity contribution in [3.8, 4) is 28.7 Å². The Labute approximate surface area is 127 Å². The van der Waals surface area contributed by atoms with Crippen molar-refractivity contribution in [2.75, 3.05) is 6.61 Å². The van der Waals surface area contributed by atoms with Gasteiger partial charge in [-0.15, -0.1) is 10.2 Å². The highest BCUT2D eigenvalue weighted by molar-refractivity contribution is 6.30. The molecule has 0 aliphatic heterocycles. The van der Waals surface area contributed by atoms with Crippen LogP contribution in [0.25, 0.3) is 22.9 Å². The van der Waals surface area contributed by atoms with E-state index in [4.69, 9.17) is 20.8 Å². The number of aromatic nitrogens is 2. The molecule has 0 saturated carbocycles. The van der Waals surface area contributed by atoms with E-state index in [1.165, 1.54) is 0 Å². The molecule has 106 valence electrons. The molecule has 0 unspecified atom stereocenters. The zero-order valence-corrected chi connectivity index (χ0v) is 12.2. The smallest absolute Gasteiger partial charge is 0.251 e. The van der Waals surface area contributed by atoms with Crippen LogP contribution in [0.15, 0.2) is 52.9 Å². The lowest BCUT2D eigenvalue weighted by atomic mass is 10.2. The van der Waals surface area contributed by atoms with Gasteiger partial charge in [0.1, 0.15) is 5.75 Å². The molecule has 0 N–H and O–H groups in total. The third-order valence-corrected chi connectivity index (χ3v) is 3.15. The van der Waals surface area contributed by atoms with Gasteiger partial charge in [-0.3, -0.25) is 0 Å². The van der Waals surface area contributed by atoms with E-state index in [9.17, 15) is 0 Å². The molecule has 0 fully saturated rings. The van der Waals surface area contributed by atoms with Crippen molar-refractivity contribution in [1.29, 1.82) is 0 Å². The number of ether oxygens (including phenoxy) is 1. The molecule has 3 aromatic rings. The quantitative estimate of drug-likeness (QED) is 0.714. The first-order valence-electron chi connectivity index (χ1n) is 6.59. The molecule has 0 bridgehead atoms. The van der Waals surface area contributed by atoms with Crippen molar-refractivity contribution in [2.45, 2.75) is 6.92 Å². The summed E-state index contributed by atoms with van der Waals surface area (Å²) in [5.74, 6) is 1.58. The second-order valence-electron chi connectivity index (χ2n) is 4.35. The Morgan fingerprint density at radius 3 is 2.67 bits per heavy atom. The molecule has 0 saturated heterocycles. The maximum atomic E-state index is 5.98. The van der Waals surface area contributed by atoms with Gasteiger partial charge < -0.3 is 9.15 Å². The van der Waals surface area contributed by atoms with Crippen LogP contribution in [0.5, 0.6) is 5.75 Å². The van der Waals surface area contributed by atoms with Gasteiger partial charge in [0.05, 0.1) is 12.2 Å². The van der Waals surface area contributed by atoms with E-state index in [0.29, 0.717) is 23.4 Å². The Kier molecular flexibility index (Phi) is 3.88. The summed E-state index contributed by atoms with van der Waals surface area (Å²) in [5, 5.41) is 8.80. The summed E-state index contributed by atoms with van der Waals surface area (Å²) < 4.78 is 11.3. The van der Waals surface area contributed by atoms with Gasteiger partial charge in [-0.1, -0.05) is 29.8 Å². The Morgan fingerprint density at radius 1 is 1.05 bits per heavy atom. The van der Waals surface area contributed by atoms with Crippen molar-refractivity contribution in [1.82, 2.24) is 10.2 Å². The van der Waals surface area contributed by atoms with E-state index < -0.39 is 0 Å². The summed E-state index contributed by atoms with van der Waals surface area (Å²) in [5.41, 5.74) is 1.57. The lowest BCUT2D eigenvalue weighted by Gasteiger charge is -2.06. The molecule has 1 aromatic heterocycles. The Bertz CT molecular complexity index is 755. The maximum absolute atomic E-state index is 5.98. The third-order valence-electron chi connectivity index (χ3n) is 2.91. The summed E-state index contributed by atoms with van der Waals surface area (Å²) >= 11 is 5.98. The average Bonchev–Trinajstić information content (AvgIpc) is 2.98. The van der Waals surface area contributed by atoms with Gasteiger partial charge in [0.15, 0.2) is 0 Å². The van der Waals surface area contributed by atoms with Crippen molar-refractivity contribution in [2.24, 2.45) is 0 Å². The fourth-order valence-corrected chi connectivity index (χ4v) is 2.19. The monoisotopic (exact) mass is 300 g/mol. The average molecular weight is 301 g/mol. The van der Waals surface area contributed by atoms with Gasteiger partial charge >= 0.3 is 0 Å². The van der Waals surface area contributed by atoms with Gasteiger partial charge in [-0.05, 0) is 37.3 Å². The van der Waals surface area contributed by atoms with Crippen LogP contribution in [0.3, 0.4) is 0 Å². The first kappa shape index (κ1) is 13.6. The highest BCUT2D eigenvalue weighted by atomic mass is 35.5. The molecule has 0 atom stereocenters. The van der Waals surface area contributed by atoms with E-state index in [1.807, 2.05) is 43.3 Å². The molecule has 5 heteroatoms. The first-order chi connectivity index (χ1) is 10.3. The van der Waals surface area contributed by atoms with Crippen LogP contribution in [-0.2, 0) is 0 Å². The molecular weight excluding hydrogens is 288 g/mol. The van der Waals surface area contributed by atoms with Crippen LogP contribution in [0.4, 0.5) is 0 Å². The van der Waals surface area contributed by atoms with Crippen LogP contribution in [0, 0.1) is 0 Å². The summed E-state index contributed by atoms with van der Waals surface area (Å²) in [7, 11) is 0. The standard InChI is InChI=1S/C16H13ClN2O2/c1-2-20-14-9-4-3-8-13(14)16-19-18-15(21-16)11-6-5-7-12(17)10-11/h3-10H,2H2,1H3. The maximum Gasteiger partial charge on any atom is 0.251 e. The van der Waals surface area contributed by atoms with Gasteiger partial charge in [0, 0.05) is 10.6 Å². The number of halogens is 1. The van der Waals surface area contributed by atoms with E-state index in [-0.39, 0.29) is 0 Å². The third kappa shape index (κ3) is 2.90. The van der Waals surface area contributed by atoms with Crippen molar-refractivity contribution in [3.05, 3.63) is 53.6 Å². The number of nitrogens with zero attached hydrogens (tertiary/aromatic N) is 2. The molecule has 21 heavy (non-hydrogen) atoms. The highest BCUT2D eigenvalue weighted by Gasteiger charge is 2.14. The van der Waals surface area contributed by atoms with Gasteiger partial charge in [0.25, 0.3) is 5.89 Å². The summed E-state index contributed by atoms with van der Waals surface area (Å²) in [6.07, 6.45) is 0. The zero-order valence-electron chi connectivity index (χ0n) is 11.4. The molecule has 3 rings (SSSR count). The lowest BCUT2D eigenvalue weighted by Crippen LogP contribution is -1.93. The van der Waals surface area contributed by atoms with E-state index in [0.717, 1.165) is 16.9 Å². The predicted octanol–water partition coefficient (Wildman–Crippen LogP) is 4.46. The van der Waals surface area contributed by atoms with Crippen molar-refractivity contribution in [3.63, 3.8) is 0 Å². The molecule has 0 aliphatic rings. The lowest BCUT2D eigenvalue weighted by molar-refractivity contribution is 0.340. The van der Waals surface area contributed by atoms with Crippen molar-refractivity contribution >= 4 is 11.6 Å². The number of benzene rings is 2. The zero-order chi connectivity index (χ0) is 14.7. The molecule has 1 heterocycles. The van der Waals surface area contributed by atoms with Crippen molar-refractivity contribution < 1.29 is 9.15 Å². The highest BCUT2D eigenvalue weighted by Crippen LogP contribution is 2.31. The molecule has 2 aromatic carbocycles. The SMILES string of the molecule is CCOc1ccccc1-c1nnc(-c2cccc(Cl)c2)o1. The first-order valence-corrected chi connectivity index (χ1v) is 6.97. The molecular formula is C16H13ClN2O2. The molecule has 4 nitrogen and oxygen atoms in total. The molecule has 0 amide bonds. The number of hydrogen-bond donors (Lipinski definition) is 0. The minimum atomic E-state index is 0.425. The Balaban J connectivity index is 1.99. The molecule has 0 spiro atoms. The second-order valence-corrected chi connectivity index (χ2v) is 4.79. The molecule has 0 aliphatic carbocycles. The fourth-order valence-electron chi connectivity index (χ4n) is 1.99. The normalized spacial score (nSPS) is 10.6. The summed E-state index contributed by atoms with van der Waals surface area (Å²) in [6, 6.07) is 14.9. The number of rotatable bonds is 4. The minimum Gasteiger partial charge on any atom is -0.493 e. The Hall–Kier alpha value is -2.33. The van der Waals surface area contributed by atoms with Gasteiger partial charge in [-0.25, -0.2) is 0 Å². The van der Waals surface area contributed by atoms with Gasteiger partial charge in [0.2, 0.25) is 5.89 Å². The molecule has 0 radical (unpaired) electrons. The number of hydrogen-bond acceptors (Lipinski definition) is 4. The van der Waals surface area contributed by atoms with Gasteiger partial charge in [-0.2, -0.15) is 0 Å². The van der Waals surface area contributed by atoms with E-state index >= 15 is 0 Å². The topological polar surface area (TPSA) is 48.2 Å². The predicted molar refractivity (Wildman–Crippen MR) is 81.3 cm³/mol.